The van der Waals surface area contributed by atoms with Gasteiger partial charge in [0.2, 0.25) is 0 Å². The first-order valence-corrected chi connectivity index (χ1v) is 10.1. The SMILES string of the molecule is OCC1CCCCC1Nc1cn2c(Br)cnc2c(NCc2cccnc2)n1. The molecular formula is C19H23BrN6O. The molecule has 1 aliphatic rings. The van der Waals surface area contributed by atoms with Crippen molar-refractivity contribution in [3.05, 3.63) is 47.1 Å². The normalized spacial score (nSPS) is 19.9. The van der Waals surface area contributed by atoms with Crippen LogP contribution in [0.2, 0.25) is 0 Å². The molecule has 0 aliphatic heterocycles. The third-order valence-electron chi connectivity index (χ3n) is 5.11. The van der Waals surface area contributed by atoms with E-state index in [0.717, 1.165) is 34.5 Å². The quantitative estimate of drug-likeness (QED) is 0.554. The van der Waals surface area contributed by atoms with E-state index >= 15 is 0 Å². The van der Waals surface area contributed by atoms with Gasteiger partial charge in [0.25, 0.3) is 0 Å². The minimum Gasteiger partial charge on any atom is -0.396 e. The summed E-state index contributed by atoms with van der Waals surface area (Å²) in [5, 5.41) is 16.6. The Morgan fingerprint density at radius 2 is 2.15 bits per heavy atom. The zero-order valence-electron chi connectivity index (χ0n) is 15.0. The van der Waals surface area contributed by atoms with Crippen LogP contribution in [0, 0.1) is 5.92 Å². The average molecular weight is 431 g/mol. The van der Waals surface area contributed by atoms with Crippen LogP contribution in [0.15, 0.2) is 41.5 Å². The van der Waals surface area contributed by atoms with E-state index in [0.29, 0.717) is 12.4 Å². The van der Waals surface area contributed by atoms with Crippen LogP contribution in [0.5, 0.6) is 0 Å². The number of aliphatic hydroxyl groups excluding tert-OH is 1. The Hall–Kier alpha value is -2.19. The van der Waals surface area contributed by atoms with E-state index in [-0.39, 0.29) is 18.6 Å². The number of nitrogens with zero attached hydrogens (tertiary/aromatic N) is 4. The summed E-state index contributed by atoms with van der Waals surface area (Å²) in [4.78, 5) is 13.4. The van der Waals surface area contributed by atoms with Crippen molar-refractivity contribution in [2.24, 2.45) is 5.92 Å². The number of anilines is 2. The molecule has 0 bridgehead atoms. The molecule has 3 N–H and O–H groups in total. The van der Waals surface area contributed by atoms with Crippen LogP contribution in [-0.2, 0) is 6.54 Å². The molecule has 7 nitrogen and oxygen atoms in total. The Balaban J connectivity index is 1.60. The molecule has 0 spiro atoms. The molecule has 8 heteroatoms. The van der Waals surface area contributed by atoms with Gasteiger partial charge in [-0.15, -0.1) is 0 Å². The lowest BCUT2D eigenvalue weighted by atomic mass is 9.85. The summed E-state index contributed by atoms with van der Waals surface area (Å²) in [7, 11) is 0. The van der Waals surface area contributed by atoms with E-state index in [1.807, 2.05) is 28.9 Å². The minimum absolute atomic E-state index is 0.209. The van der Waals surface area contributed by atoms with Gasteiger partial charge in [0, 0.05) is 37.5 Å². The predicted octanol–water partition coefficient (Wildman–Crippen LogP) is 3.46. The van der Waals surface area contributed by atoms with Gasteiger partial charge in [-0.2, -0.15) is 0 Å². The number of imidazole rings is 1. The fourth-order valence-corrected chi connectivity index (χ4v) is 4.02. The molecule has 27 heavy (non-hydrogen) atoms. The molecule has 3 aromatic rings. The van der Waals surface area contributed by atoms with Gasteiger partial charge in [0.15, 0.2) is 11.5 Å². The van der Waals surface area contributed by atoms with Crippen LogP contribution in [0.3, 0.4) is 0 Å². The fourth-order valence-electron chi connectivity index (χ4n) is 3.64. The smallest absolute Gasteiger partial charge is 0.181 e. The lowest BCUT2D eigenvalue weighted by Gasteiger charge is -2.31. The molecule has 142 valence electrons. The summed E-state index contributed by atoms with van der Waals surface area (Å²) < 4.78 is 2.84. The van der Waals surface area contributed by atoms with Gasteiger partial charge in [-0.25, -0.2) is 9.97 Å². The van der Waals surface area contributed by atoms with Gasteiger partial charge in [0.1, 0.15) is 10.4 Å². The number of fused-ring (bicyclic) bond motifs is 1. The van der Waals surface area contributed by atoms with Crippen LogP contribution in [0.4, 0.5) is 11.6 Å². The Kier molecular flexibility index (Phi) is 5.54. The van der Waals surface area contributed by atoms with Crippen molar-refractivity contribution in [1.82, 2.24) is 19.4 Å². The molecule has 0 saturated heterocycles. The fraction of sp³-hybridized carbons (Fsp3) is 0.421. The molecule has 2 unspecified atom stereocenters. The highest BCUT2D eigenvalue weighted by molar-refractivity contribution is 9.10. The molecule has 1 fully saturated rings. The zero-order chi connectivity index (χ0) is 18.6. The maximum Gasteiger partial charge on any atom is 0.181 e. The van der Waals surface area contributed by atoms with E-state index < -0.39 is 0 Å². The molecule has 0 radical (unpaired) electrons. The average Bonchev–Trinajstić information content (AvgIpc) is 3.08. The summed E-state index contributed by atoms with van der Waals surface area (Å²) in [6.45, 7) is 0.827. The summed E-state index contributed by atoms with van der Waals surface area (Å²) in [5.41, 5.74) is 1.84. The maximum absolute atomic E-state index is 9.69. The number of hydrogen-bond acceptors (Lipinski definition) is 6. The first-order chi connectivity index (χ1) is 13.2. The highest BCUT2D eigenvalue weighted by Gasteiger charge is 2.25. The lowest BCUT2D eigenvalue weighted by molar-refractivity contribution is 0.178. The summed E-state index contributed by atoms with van der Waals surface area (Å²) >= 11 is 3.55. The predicted molar refractivity (Wildman–Crippen MR) is 109 cm³/mol. The van der Waals surface area contributed by atoms with Crippen molar-refractivity contribution in [2.45, 2.75) is 38.3 Å². The Morgan fingerprint density at radius 1 is 1.26 bits per heavy atom. The van der Waals surface area contributed by atoms with Crippen molar-refractivity contribution in [3.8, 4) is 0 Å². The molecule has 3 aromatic heterocycles. The number of hydrogen-bond donors (Lipinski definition) is 3. The molecule has 4 rings (SSSR count). The van der Waals surface area contributed by atoms with Crippen LogP contribution in [-0.4, -0.2) is 37.1 Å². The van der Waals surface area contributed by atoms with Crippen molar-refractivity contribution < 1.29 is 5.11 Å². The molecule has 1 saturated carbocycles. The van der Waals surface area contributed by atoms with Crippen molar-refractivity contribution in [3.63, 3.8) is 0 Å². The van der Waals surface area contributed by atoms with Crippen LogP contribution < -0.4 is 10.6 Å². The van der Waals surface area contributed by atoms with Crippen LogP contribution in [0.1, 0.15) is 31.2 Å². The highest BCUT2D eigenvalue weighted by atomic mass is 79.9. The standard InChI is InChI=1S/C19H23BrN6O/c20-16-10-23-19-18(22-9-13-4-3-7-21-8-13)25-17(11-26(16)19)24-15-6-2-1-5-14(15)12-27/h3-4,7-8,10-11,14-15,24,27H,1-2,5-6,9,12H2,(H,22,25). The second-order valence-corrected chi connectivity index (χ2v) is 7.75. The largest absolute Gasteiger partial charge is 0.396 e. The third kappa shape index (κ3) is 4.06. The molecule has 0 aromatic carbocycles. The van der Waals surface area contributed by atoms with E-state index in [4.69, 9.17) is 4.98 Å². The third-order valence-corrected chi connectivity index (χ3v) is 5.69. The van der Waals surface area contributed by atoms with Crippen LogP contribution >= 0.6 is 15.9 Å². The first-order valence-electron chi connectivity index (χ1n) is 9.28. The molecule has 0 amide bonds. The topological polar surface area (TPSA) is 87.4 Å². The van der Waals surface area contributed by atoms with Crippen molar-refractivity contribution in [1.29, 1.82) is 0 Å². The van der Waals surface area contributed by atoms with Gasteiger partial charge < -0.3 is 15.7 Å². The zero-order valence-corrected chi connectivity index (χ0v) is 16.6. The summed E-state index contributed by atoms with van der Waals surface area (Å²) in [5.74, 6) is 1.76. The number of aliphatic hydroxyl groups is 1. The Morgan fingerprint density at radius 3 is 2.96 bits per heavy atom. The van der Waals surface area contributed by atoms with Gasteiger partial charge in [-0.1, -0.05) is 18.9 Å². The molecule has 2 atom stereocenters. The van der Waals surface area contributed by atoms with Gasteiger partial charge in [-0.3, -0.25) is 9.38 Å². The number of nitrogens with one attached hydrogen (secondary N) is 2. The minimum atomic E-state index is 0.209. The number of rotatable bonds is 6. The van der Waals surface area contributed by atoms with E-state index in [1.54, 1.807) is 12.4 Å². The number of aromatic nitrogens is 4. The van der Waals surface area contributed by atoms with E-state index in [1.165, 1.54) is 12.8 Å². The second-order valence-electron chi connectivity index (χ2n) is 6.94. The Labute approximate surface area is 166 Å². The monoisotopic (exact) mass is 430 g/mol. The second kappa shape index (κ2) is 8.22. The summed E-state index contributed by atoms with van der Waals surface area (Å²) in [6.07, 6.45) is 11.8. The van der Waals surface area contributed by atoms with Gasteiger partial charge in [-0.05, 0) is 40.4 Å². The van der Waals surface area contributed by atoms with E-state index in [2.05, 4.69) is 36.5 Å². The Bertz CT molecular complexity index is 900. The van der Waals surface area contributed by atoms with Crippen molar-refractivity contribution in [2.75, 3.05) is 17.2 Å². The maximum atomic E-state index is 9.69. The van der Waals surface area contributed by atoms with Crippen molar-refractivity contribution >= 4 is 33.2 Å². The lowest BCUT2D eigenvalue weighted by Crippen LogP contribution is -2.34. The number of halogens is 1. The number of pyridine rings is 1. The highest BCUT2D eigenvalue weighted by Crippen LogP contribution is 2.28. The first kappa shape index (κ1) is 18.2. The molecule has 3 heterocycles. The van der Waals surface area contributed by atoms with E-state index in [9.17, 15) is 5.11 Å². The van der Waals surface area contributed by atoms with Gasteiger partial charge >= 0.3 is 0 Å². The van der Waals surface area contributed by atoms with Gasteiger partial charge in [0.05, 0.1) is 12.4 Å². The molecular weight excluding hydrogens is 408 g/mol. The molecule has 1 aliphatic carbocycles. The summed E-state index contributed by atoms with van der Waals surface area (Å²) in [6, 6.07) is 4.18. The van der Waals surface area contributed by atoms with Crippen LogP contribution in [0.25, 0.3) is 5.65 Å².